The highest BCUT2D eigenvalue weighted by Gasteiger charge is 2.13. The van der Waals surface area contributed by atoms with E-state index >= 15 is 0 Å². The number of carbonyl (C=O) groups excluding carboxylic acids is 1. The maximum absolute atomic E-state index is 12.2. The second-order valence-corrected chi connectivity index (χ2v) is 7.41. The van der Waals surface area contributed by atoms with Crippen LogP contribution in [-0.2, 0) is 17.6 Å². The van der Waals surface area contributed by atoms with Gasteiger partial charge in [0, 0.05) is 4.90 Å². The predicted octanol–water partition coefficient (Wildman–Crippen LogP) is 4.54. The zero-order valence-corrected chi connectivity index (χ0v) is 15.7. The number of amides is 1. The van der Waals surface area contributed by atoms with Crippen molar-refractivity contribution in [2.75, 3.05) is 12.4 Å². The molecule has 0 saturated heterocycles. The fourth-order valence-electron chi connectivity index (χ4n) is 3.17. The van der Waals surface area contributed by atoms with Gasteiger partial charge in [-0.1, -0.05) is 18.2 Å². The van der Waals surface area contributed by atoms with Crippen molar-refractivity contribution in [1.29, 1.82) is 0 Å². The first-order valence-corrected chi connectivity index (χ1v) is 9.91. The third kappa shape index (κ3) is 4.79. The van der Waals surface area contributed by atoms with E-state index in [1.54, 1.807) is 11.8 Å². The standard InChI is InChI=1S/C21H25NO2S/c1-3-24-19-10-7-16(8-11-19)15(2)22-21(23)14-25-20-12-9-17-5-4-6-18(17)13-20/h7-13,15H,3-6,14H2,1-2H3,(H,22,23). The predicted molar refractivity (Wildman–Crippen MR) is 103 cm³/mol. The average Bonchev–Trinajstić information content (AvgIpc) is 3.08. The summed E-state index contributed by atoms with van der Waals surface area (Å²) in [7, 11) is 0. The van der Waals surface area contributed by atoms with Gasteiger partial charge in [-0.3, -0.25) is 4.79 Å². The highest BCUT2D eigenvalue weighted by atomic mass is 32.2. The van der Waals surface area contributed by atoms with Gasteiger partial charge in [0.25, 0.3) is 0 Å². The van der Waals surface area contributed by atoms with Gasteiger partial charge in [0.05, 0.1) is 18.4 Å². The van der Waals surface area contributed by atoms with Crippen LogP contribution in [0.15, 0.2) is 47.4 Å². The van der Waals surface area contributed by atoms with E-state index in [0.29, 0.717) is 12.4 Å². The van der Waals surface area contributed by atoms with Crippen molar-refractivity contribution in [1.82, 2.24) is 5.32 Å². The number of ether oxygens (including phenoxy) is 1. The lowest BCUT2D eigenvalue weighted by Crippen LogP contribution is -2.28. The molecule has 4 heteroatoms. The minimum absolute atomic E-state index is 0.0104. The van der Waals surface area contributed by atoms with E-state index in [4.69, 9.17) is 4.74 Å². The van der Waals surface area contributed by atoms with E-state index in [0.717, 1.165) is 11.3 Å². The van der Waals surface area contributed by atoms with Gasteiger partial charge in [0.1, 0.15) is 5.75 Å². The van der Waals surface area contributed by atoms with Crippen molar-refractivity contribution in [3.8, 4) is 5.75 Å². The highest BCUT2D eigenvalue weighted by Crippen LogP contribution is 2.27. The Morgan fingerprint density at radius 2 is 1.92 bits per heavy atom. The molecule has 2 aromatic carbocycles. The maximum atomic E-state index is 12.2. The molecule has 0 spiro atoms. The van der Waals surface area contributed by atoms with Crippen LogP contribution in [0.3, 0.4) is 0 Å². The van der Waals surface area contributed by atoms with Crippen LogP contribution >= 0.6 is 11.8 Å². The second-order valence-electron chi connectivity index (χ2n) is 6.36. The van der Waals surface area contributed by atoms with Crippen molar-refractivity contribution in [2.45, 2.75) is 44.0 Å². The van der Waals surface area contributed by atoms with Crippen LogP contribution in [-0.4, -0.2) is 18.3 Å². The summed E-state index contributed by atoms with van der Waals surface area (Å²) >= 11 is 1.61. The smallest absolute Gasteiger partial charge is 0.230 e. The van der Waals surface area contributed by atoms with Crippen LogP contribution in [0.1, 0.15) is 43.0 Å². The Morgan fingerprint density at radius 1 is 1.16 bits per heavy atom. The first-order valence-electron chi connectivity index (χ1n) is 8.92. The quantitative estimate of drug-likeness (QED) is 0.741. The Bertz CT molecular complexity index is 727. The summed E-state index contributed by atoms with van der Waals surface area (Å²) in [6.07, 6.45) is 3.62. The van der Waals surface area contributed by atoms with Gasteiger partial charge in [-0.15, -0.1) is 11.8 Å². The molecular formula is C21H25NO2S. The molecule has 1 aliphatic rings. The van der Waals surface area contributed by atoms with Gasteiger partial charge in [-0.25, -0.2) is 0 Å². The topological polar surface area (TPSA) is 38.3 Å². The fraction of sp³-hybridized carbons (Fsp3) is 0.381. The number of fused-ring (bicyclic) bond motifs is 1. The van der Waals surface area contributed by atoms with E-state index in [2.05, 4.69) is 23.5 Å². The van der Waals surface area contributed by atoms with Gasteiger partial charge in [-0.2, -0.15) is 0 Å². The molecule has 0 radical (unpaired) electrons. The minimum atomic E-state index is -0.0104. The van der Waals surface area contributed by atoms with Gasteiger partial charge in [-0.05, 0) is 74.1 Å². The van der Waals surface area contributed by atoms with Crippen LogP contribution in [0, 0.1) is 0 Å². The lowest BCUT2D eigenvalue weighted by molar-refractivity contribution is -0.119. The molecule has 1 atom stereocenters. The summed E-state index contributed by atoms with van der Waals surface area (Å²) in [5, 5.41) is 3.07. The van der Waals surface area contributed by atoms with Crippen molar-refractivity contribution < 1.29 is 9.53 Å². The normalized spacial score (nSPS) is 14.0. The van der Waals surface area contributed by atoms with Gasteiger partial charge >= 0.3 is 0 Å². The Labute approximate surface area is 154 Å². The second kappa shape index (κ2) is 8.43. The fourth-order valence-corrected chi connectivity index (χ4v) is 3.94. The summed E-state index contributed by atoms with van der Waals surface area (Å²) in [5.41, 5.74) is 4.01. The van der Waals surface area contributed by atoms with Crippen molar-refractivity contribution in [3.05, 3.63) is 59.2 Å². The van der Waals surface area contributed by atoms with Crippen molar-refractivity contribution >= 4 is 17.7 Å². The van der Waals surface area contributed by atoms with E-state index in [-0.39, 0.29) is 11.9 Å². The molecule has 3 nitrogen and oxygen atoms in total. The minimum Gasteiger partial charge on any atom is -0.494 e. The molecule has 0 fully saturated rings. The number of aryl methyl sites for hydroxylation is 2. The number of nitrogens with one attached hydrogen (secondary N) is 1. The molecule has 3 rings (SSSR count). The number of carbonyl (C=O) groups is 1. The average molecular weight is 356 g/mol. The van der Waals surface area contributed by atoms with Gasteiger partial charge in [0.15, 0.2) is 0 Å². The lowest BCUT2D eigenvalue weighted by Gasteiger charge is -2.15. The maximum Gasteiger partial charge on any atom is 0.230 e. The first kappa shape index (κ1) is 17.9. The molecule has 1 amide bonds. The number of hydrogen-bond acceptors (Lipinski definition) is 3. The van der Waals surface area contributed by atoms with E-state index < -0.39 is 0 Å². The number of thioether (sulfide) groups is 1. The Hall–Kier alpha value is -1.94. The zero-order chi connectivity index (χ0) is 17.6. The summed E-state index contributed by atoms with van der Waals surface area (Å²) in [6, 6.07) is 14.5. The third-order valence-corrected chi connectivity index (χ3v) is 5.50. The van der Waals surface area contributed by atoms with Crippen LogP contribution in [0.2, 0.25) is 0 Å². The molecule has 0 saturated carbocycles. The number of benzene rings is 2. The first-order chi connectivity index (χ1) is 12.2. The summed E-state index contributed by atoms with van der Waals surface area (Å²) in [4.78, 5) is 13.4. The molecule has 0 aliphatic heterocycles. The van der Waals surface area contributed by atoms with E-state index in [9.17, 15) is 4.79 Å². The Balaban J connectivity index is 1.50. The van der Waals surface area contributed by atoms with Gasteiger partial charge < -0.3 is 10.1 Å². The summed E-state index contributed by atoms with van der Waals surface area (Å²) in [6.45, 7) is 4.63. The molecule has 0 bridgehead atoms. The Morgan fingerprint density at radius 3 is 2.68 bits per heavy atom. The van der Waals surface area contributed by atoms with Crippen LogP contribution in [0.5, 0.6) is 5.75 Å². The van der Waals surface area contributed by atoms with E-state index in [1.165, 1.54) is 35.3 Å². The highest BCUT2D eigenvalue weighted by molar-refractivity contribution is 8.00. The van der Waals surface area contributed by atoms with Crippen molar-refractivity contribution in [3.63, 3.8) is 0 Å². The molecule has 0 aromatic heterocycles. The molecular weight excluding hydrogens is 330 g/mol. The summed E-state index contributed by atoms with van der Waals surface area (Å²) < 4.78 is 5.45. The van der Waals surface area contributed by atoms with Crippen molar-refractivity contribution in [2.24, 2.45) is 0 Å². The zero-order valence-electron chi connectivity index (χ0n) is 14.9. The lowest BCUT2D eigenvalue weighted by atomic mass is 10.1. The molecule has 25 heavy (non-hydrogen) atoms. The van der Waals surface area contributed by atoms with Crippen LogP contribution in [0.4, 0.5) is 0 Å². The Kier molecular flexibility index (Phi) is 6.03. The molecule has 2 aromatic rings. The number of rotatable bonds is 7. The largest absolute Gasteiger partial charge is 0.494 e. The molecule has 132 valence electrons. The van der Waals surface area contributed by atoms with Gasteiger partial charge in [0.2, 0.25) is 5.91 Å². The molecule has 1 unspecified atom stereocenters. The molecule has 0 heterocycles. The van der Waals surface area contributed by atoms with Crippen LogP contribution in [0.25, 0.3) is 0 Å². The number of hydrogen-bond donors (Lipinski definition) is 1. The monoisotopic (exact) mass is 355 g/mol. The third-order valence-electron chi connectivity index (χ3n) is 4.51. The summed E-state index contributed by atoms with van der Waals surface area (Å²) in [5.74, 6) is 1.36. The molecule has 1 N–H and O–H groups in total. The van der Waals surface area contributed by atoms with Crippen LogP contribution < -0.4 is 10.1 Å². The van der Waals surface area contributed by atoms with E-state index in [1.807, 2.05) is 38.1 Å². The molecule has 1 aliphatic carbocycles. The SMILES string of the molecule is CCOc1ccc(C(C)NC(=O)CSc2ccc3c(c2)CCC3)cc1.